The molecule has 0 bridgehead atoms. The molecule has 11 heavy (non-hydrogen) atoms. The van der Waals surface area contributed by atoms with Gasteiger partial charge in [0.05, 0.1) is 0 Å². The zero-order valence-corrected chi connectivity index (χ0v) is 7.74. The quantitative estimate of drug-likeness (QED) is 0.730. The summed E-state index contributed by atoms with van der Waals surface area (Å²) in [5.74, 6) is 0. The van der Waals surface area contributed by atoms with Crippen molar-refractivity contribution in [1.29, 1.82) is 0 Å². The van der Waals surface area contributed by atoms with Crippen molar-refractivity contribution in [3.63, 3.8) is 0 Å². The van der Waals surface area contributed by atoms with Crippen LogP contribution in [0.5, 0.6) is 0 Å². The van der Waals surface area contributed by atoms with Crippen LogP contribution in [0.1, 0.15) is 5.56 Å². The van der Waals surface area contributed by atoms with Crippen LogP contribution in [-0.4, -0.2) is 27.7 Å². The average molecular weight is 212 g/mol. The zero-order valence-electron chi connectivity index (χ0n) is 6.03. The molecule has 0 saturated heterocycles. The molecule has 1 rings (SSSR count). The van der Waals surface area contributed by atoms with Crippen LogP contribution in [-0.2, 0) is 0 Å². The molecule has 0 spiro atoms. The summed E-state index contributed by atoms with van der Waals surface area (Å²) in [4.78, 5) is 0. The number of aliphatic hydroxyl groups excluding tert-OH is 1. The van der Waals surface area contributed by atoms with Crippen LogP contribution in [0.3, 0.4) is 0 Å². The van der Waals surface area contributed by atoms with E-state index in [-0.39, 0.29) is 6.61 Å². The van der Waals surface area contributed by atoms with E-state index < -0.39 is 0 Å². The number of hydrogen-bond donors (Lipinski definition) is 1. The first-order valence-electron chi connectivity index (χ1n) is 3.38. The fourth-order valence-corrected chi connectivity index (χ4v) is 1.25. The Morgan fingerprint density at radius 2 is 2.00 bits per heavy atom. The molecule has 0 heterocycles. The minimum atomic E-state index is 0.0806. The Bertz CT molecular complexity index is 241. The minimum absolute atomic E-state index is 0.0806. The normalized spacial score (nSPS) is 11.5. The van der Waals surface area contributed by atoms with Gasteiger partial charge in [0, 0.05) is 0 Å². The molecule has 1 N–H and O–H groups in total. The van der Waals surface area contributed by atoms with Gasteiger partial charge in [-0.1, -0.05) is 0 Å². The van der Waals surface area contributed by atoms with E-state index in [4.69, 9.17) is 5.11 Å². The van der Waals surface area contributed by atoms with Crippen molar-refractivity contribution in [1.82, 2.24) is 0 Å². The Hall–Kier alpha value is -0.561. The van der Waals surface area contributed by atoms with Crippen LogP contribution in [0.2, 0.25) is 0 Å². The van der Waals surface area contributed by atoms with E-state index in [1.54, 1.807) is 6.08 Å². The summed E-state index contributed by atoms with van der Waals surface area (Å²) >= 11 is 2.90. The molecule has 0 atom stereocenters. The van der Waals surface area contributed by atoms with Crippen LogP contribution in [0.15, 0.2) is 36.4 Å². The average Bonchev–Trinajstić information content (AvgIpc) is 2.07. The van der Waals surface area contributed by atoms with Crippen LogP contribution in [0.4, 0.5) is 0 Å². The van der Waals surface area contributed by atoms with E-state index in [2.05, 4.69) is 16.0 Å². The van der Waals surface area contributed by atoms with Crippen LogP contribution in [0, 0.1) is 0 Å². The Labute approximate surface area is 74.6 Å². The molecule has 1 nitrogen and oxygen atoms in total. The van der Waals surface area contributed by atoms with Gasteiger partial charge in [0.25, 0.3) is 0 Å². The topological polar surface area (TPSA) is 20.2 Å². The molecular formula is C9H9OSe. The first-order chi connectivity index (χ1) is 5.34. The van der Waals surface area contributed by atoms with E-state index in [0.717, 1.165) is 10.0 Å². The van der Waals surface area contributed by atoms with E-state index in [9.17, 15) is 0 Å². The second-order valence-corrected chi connectivity index (χ2v) is 3.04. The van der Waals surface area contributed by atoms with Gasteiger partial charge in [0.1, 0.15) is 0 Å². The Morgan fingerprint density at radius 3 is 2.55 bits per heavy atom. The van der Waals surface area contributed by atoms with Crippen LogP contribution >= 0.6 is 0 Å². The third-order valence-electron chi connectivity index (χ3n) is 1.33. The zero-order chi connectivity index (χ0) is 8.10. The molecule has 1 aromatic carbocycles. The van der Waals surface area contributed by atoms with E-state index in [0.29, 0.717) is 0 Å². The number of aliphatic hydroxyl groups is 1. The maximum absolute atomic E-state index is 8.60. The molecule has 1 radical (unpaired) electrons. The predicted molar refractivity (Wildman–Crippen MR) is 47.3 cm³/mol. The molecule has 0 aliphatic rings. The fourth-order valence-electron chi connectivity index (χ4n) is 0.803. The third-order valence-corrected chi connectivity index (χ3v) is 2.18. The van der Waals surface area contributed by atoms with E-state index >= 15 is 0 Å². The summed E-state index contributed by atoms with van der Waals surface area (Å²) in [5.41, 5.74) is 1.11. The summed E-state index contributed by atoms with van der Waals surface area (Å²) < 4.78 is 0.994. The summed E-state index contributed by atoms with van der Waals surface area (Å²) in [6, 6.07) is 9.90. The van der Waals surface area contributed by atoms with Gasteiger partial charge in [-0.05, 0) is 0 Å². The van der Waals surface area contributed by atoms with Crippen LogP contribution < -0.4 is 0 Å². The molecule has 0 fully saturated rings. The van der Waals surface area contributed by atoms with Crippen LogP contribution in [0.25, 0.3) is 4.47 Å². The van der Waals surface area contributed by atoms with Gasteiger partial charge in [-0.3, -0.25) is 0 Å². The van der Waals surface area contributed by atoms with Gasteiger partial charge >= 0.3 is 74.2 Å². The molecule has 0 unspecified atom stereocenters. The summed E-state index contributed by atoms with van der Waals surface area (Å²) in [6.45, 7) is 0.0806. The second-order valence-electron chi connectivity index (χ2n) is 2.12. The fraction of sp³-hybridized carbons (Fsp3) is 0.111. The van der Waals surface area contributed by atoms with Crippen molar-refractivity contribution in [2.75, 3.05) is 6.61 Å². The van der Waals surface area contributed by atoms with Crippen molar-refractivity contribution in [2.45, 2.75) is 0 Å². The number of rotatable bonds is 2. The van der Waals surface area contributed by atoms with Gasteiger partial charge < -0.3 is 0 Å². The van der Waals surface area contributed by atoms with Crippen molar-refractivity contribution >= 4 is 20.5 Å². The summed E-state index contributed by atoms with van der Waals surface area (Å²) in [7, 11) is 0. The monoisotopic (exact) mass is 213 g/mol. The molecule has 1 aromatic rings. The first-order valence-corrected chi connectivity index (χ1v) is 4.23. The molecule has 57 valence electrons. The molecule has 0 aliphatic carbocycles. The van der Waals surface area contributed by atoms with Crippen molar-refractivity contribution in [3.8, 4) is 0 Å². The number of benzene rings is 1. The van der Waals surface area contributed by atoms with E-state index in [1.807, 2.05) is 30.3 Å². The van der Waals surface area contributed by atoms with Gasteiger partial charge in [-0.25, -0.2) is 0 Å². The Balaban J connectivity index is 2.85. The Kier molecular flexibility index (Phi) is 3.37. The SMILES string of the molecule is OCC=C([Se])c1ccccc1. The van der Waals surface area contributed by atoms with E-state index in [1.165, 1.54) is 0 Å². The first kappa shape index (κ1) is 8.54. The van der Waals surface area contributed by atoms with Crippen molar-refractivity contribution in [2.24, 2.45) is 0 Å². The predicted octanol–water partition coefficient (Wildman–Crippen LogP) is 1.19. The maximum atomic E-state index is 8.60. The molecule has 0 saturated carbocycles. The molecule has 0 aromatic heterocycles. The molecular weight excluding hydrogens is 203 g/mol. The second kappa shape index (κ2) is 4.34. The third kappa shape index (κ3) is 2.51. The summed E-state index contributed by atoms with van der Waals surface area (Å²) in [5, 5.41) is 8.60. The molecule has 0 amide bonds. The Morgan fingerprint density at radius 1 is 1.36 bits per heavy atom. The van der Waals surface area contributed by atoms with Gasteiger partial charge in [-0.15, -0.1) is 0 Å². The van der Waals surface area contributed by atoms with Crippen molar-refractivity contribution in [3.05, 3.63) is 42.0 Å². The van der Waals surface area contributed by atoms with Gasteiger partial charge in [-0.2, -0.15) is 0 Å². The molecule has 2 heteroatoms. The summed E-state index contributed by atoms with van der Waals surface area (Å²) in [6.07, 6.45) is 1.75. The number of hydrogen-bond acceptors (Lipinski definition) is 1. The van der Waals surface area contributed by atoms with Gasteiger partial charge in [0.2, 0.25) is 0 Å². The molecule has 0 aliphatic heterocycles. The van der Waals surface area contributed by atoms with Gasteiger partial charge in [0.15, 0.2) is 0 Å². The van der Waals surface area contributed by atoms with Crippen molar-refractivity contribution < 1.29 is 5.11 Å². The standard InChI is InChI=1S/C9H9OSe/c10-7-6-9(11)8-4-2-1-3-5-8/h1-6,10H,7H2.